The van der Waals surface area contributed by atoms with Gasteiger partial charge in [0.2, 0.25) is 0 Å². The Morgan fingerprint density at radius 3 is 2.15 bits per heavy atom. The predicted octanol–water partition coefficient (Wildman–Crippen LogP) is 6.44. The normalized spacial score (nSPS) is 15.1. The molecule has 0 atom stereocenters. The maximum atomic E-state index is 4.37. The van der Waals surface area contributed by atoms with Crippen molar-refractivity contribution in [2.45, 2.75) is 32.7 Å². The van der Waals surface area contributed by atoms with E-state index in [0.717, 1.165) is 31.9 Å². The minimum Gasteiger partial charge on any atom is -0.347 e. The Labute approximate surface area is 198 Å². The number of aryl methyl sites for hydroxylation is 1. The Balaban J connectivity index is 1.74. The van der Waals surface area contributed by atoms with Crippen molar-refractivity contribution in [2.24, 2.45) is 4.99 Å². The Kier molecular flexibility index (Phi) is 7.54. The van der Waals surface area contributed by atoms with Crippen LogP contribution < -0.4 is 5.32 Å². The number of nitrogens with one attached hydrogen (secondary N) is 1. The van der Waals surface area contributed by atoms with E-state index in [2.05, 4.69) is 114 Å². The van der Waals surface area contributed by atoms with E-state index in [4.69, 9.17) is 0 Å². The molecule has 168 valence electrons. The number of nitrogens with zero attached hydrogens (tertiary/aromatic N) is 2. The largest absolute Gasteiger partial charge is 0.347 e. The lowest BCUT2D eigenvalue weighted by Gasteiger charge is -2.35. The molecule has 0 radical (unpaired) electrons. The summed E-state index contributed by atoms with van der Waals surface area (Å²) >= 11 is 0. The summed E-state index contributed by atoms with van der Waals surface area (Å²) in [6.45, 7) is 10.8. The topological polar surface area (TPSA) is 27.6 Å². The van der Waals surface area contributed by atoms with Crippen molar-refractivity contribution in [2.75, 3.05) is 13.1 Å². The van der Waals surface area contributed by atoms with Gasteiger partial charge in [0.1, 0.15) is 5.84 Å². The molecule has 0 aromatic heterocycles. The Bertz CT molecular complexity index is 1070. The van der Waals surface area contributed by atoms with Crippen LogP contribution in [0.25, 0.3) is 0 Å². The third-order valence-corrected chi connectivity index (χ3v) is 6.22. The average molecular weight is 436 g/mol. The molecule has 0 aliphatic carbocycles. The van der Waals surface area contributed by atoms with Crippen LogP contribution in [-0.4, -0.2) is 23.8 Å². The third kappa shape index (κ3) is 5.88. The summed E-state index contributed by atoms with van der Waals surface area (Å²) in [7, 11) is 0. The summed E-state index contributed by atoms with van der Waals surface area (Å²) in [5, 5.41) is 3.61. The van der Waals surface area contributed by atoms with Gasteiger partial charge in [-0.3, -0.25) is 4.90 Å². The monoisotopic (exact) mass is 435 g/mol. The molecule has 1 aliphatic heterocycles. The summed E-state index contributed by atoms with van der Waals surface area (Å²) in [6, 6.07) is 30.6. The van der Waals surface area contributed by atoms with Gasteiger partial charge in [0.05, 0.1) is 0 Å². The second kappa shape index (κ2) is 10.9. The van der Waals surface area contributed by atoms with E-state index >= 15 is 0 Å². The molecule has 3 nitrogen and oxygen atoms in total. The van der Waals surface area contributed by atoms with Gasteiger partial charge < -0.3 is 5.32 Å². The highest BCUT2D eigenvalue weighted by molar-refractivity contribution is 5.82. The molecule has 33 heavy (non-hydrogen) atoms. The first-order valence-electron chi connectivity index (χ1n) is 11.7. The highest BCUT2D eigenvalue weighted by Crippen LogP contribution is 2.36. The van der Waals surface area contributed by atoms with Gasteiger partial charge in [-0.15, -0.1) is 0 Å². The van der Waals surface area contributed by atoms with Crippen molar-refractivity contribution in [3.05, 3.63) is 131 Å². The molecule has 1 heterocycles. The molecule has 3 aromatic carbocycles. The summed E-state index contributed by atoms with van der Waals surface area (Å²) in [5.41, 5.74) is 7.97. The van der Waals surface area contributed by atoms with Gasteiger partial charge in [-0.25, -0.2) is 4.99 Å². The molecule has 1 aliphatic rings. The molecule has 0 spiro atoms. The zero-order valence-electron chi connectivity index (χ0n) is 19.7. The lowest BCUT2D eigenvalue weighted by atomic mass is 9.82. The van der Waals surface area contributed by atoms with Gasteiger partial charge in [-0.2, -0.15) is 0 Å². The first-order chi connectivity index (χ1) is 16.1. The minimum absolute atomic E-state index is 0.187. The van der Waals surface area contributed by atoms with E-state index in [0.29, 0.717) is 0 Å². The summed E-state index contributed by atoms with van der Waals surface area (Å²) in [4.78, 5) is 6.93. The summed E-state index contributed by atoms with van der Waals surface area (Å²) in [5.74, 6) is 1.07. The number of rotatable bonds is 7. The number of amidine groups is 1. The van der Waals surface area contributed by atoms with E-state index < -0.39 is 0 Å². The lowest BCUT2D eigenvalue weighted by Crippen LogP contribution is -2.37. The second-order valence-electron chi connectivity index (χ2n) is 8.73. The zero-order chi connectivity index (χ0) is 23.0. The van der Waals surface area contributed by atoms with Gasteiger partial charge in [-0.05, 0) is 36.1 Å². The Morgan fingerprint density at radius 1 is 0.970 bits per heavy atom. The van der Waals surface area contributed by atoms with Crippen molar-refractivity contribution < 1.29 is 0 Å². The fourth-order valence-electron chi connectivity index (χ4n) is 4.61. The molecule has 0 bridgehead atoms. The van der Waals surface area contributed by atoms with Crippen LogP contribution in [-0.2, 0) is 6.54 Å². The van der Waals surface area contributed by atoms with Crippen molar-refractivity contribution >= 4 is 5.84 Å². The predicted molar refractivity (Wildman–Crippen MR) is 139 cm³/mol. The van der Waals surface area contributed by atoms with Gasteiger partial charge in [0, 0.05) is 43.9 Å². The second-order valence-corrected chi connectivity index (χ2v) is 8.73. The Hall–Kier alpha value is -3.43. The number of benzene rings is 3. The molecule has 3 heteroatoms. The van der Waals surface area contributed by atoms with Crippen molar-refractivity contribution in [1.82, 2.24) is 10.2 Å². The quantitative estimate of drug-likeness (QED) is 0.342. The summed E-state index contributed by atoms with van der Waals surface area (Å²) in [6.07, 6.45) is 2.56. The molecule has 0 saturated heterocycles. The van der Waals surface area contributed by atoms with Gasteiger partial charge in [-0.1, -0.05) is 97.1 Å². The maximum absolute atomic E-state index is 4.37. The highest BCUT2D eigenvalue weighted by Gasteiger charge is 2.28. The van der Waals surface area contributed by atoms with E-state index in [1.165, 1.54) is 33.5 Å². The standard InChI is InChI=1S/C30H33N3/c1-4-31-24(3)32-29-19-20-33(21-25-17-15-23(2)16-18-25)22-28(29)30(26-11-7-5-8-12-26)27-13-9-6-10-14-27/h4-18,30H,1,19-22H2,2-3H3,(H,31,32). The van der Waals surface area contributed by atoms with Crippen LogP contribution >= 0.6 is 0 Å². The van der Waals surface area contributed by atoms with Crippen LogP contribution in [0.2, 0.25) is 0 Å². The van der Waals surface area contributed by atoms with E-state index in [1.807, 2.05) is 6.92 Å². The lowest BCUT2D eigenvalue weighted by molar-refractivity contribution is 0.270. The molecule has 0 amide bonds. The summed E-state index contributed by atoms with van der Waals surface area (Å²) < 4.78 is 0. The maximum Gasteiger partial charge on any atom is 0.102 e. The van der Waals surface area contributed by atoms with Crippen molar-refractivity contribution in [1.29, 1.82) is 0 Å². The van der Waals surface area contributed by atoms with Crippen LogP contribution in [0.4, 0.5) is 0 Å². The van der Waals surface area contributed by atoms with Gasteiger partial charge in [0.25, 0.3) is 0 Å². The Morgan fingerprint density at radius 2 is 1.58 bits per heavy atom. The van der Waals surface area contributed by atoms with Crippen LogP contribution in [0.1, 0.15) is 41.5 Å². The fourth-order valence-corrected chi connectivity index (χ4v) is 4.61. The van der Waals surface area contributed by atoms with Crippen LogP contribution in [0.5, 0.6) is 0 Å². The molecule has 3 aromatic rings. The first kappa shape index (κ1) is 22.8. The molecule has 1 N–H and O–H groups in total. The van der Waals surface area contributed by atoms with Gasteiger partial charge >= 0.3 is 0 Å². The molecular formula is C30H33N3. The van der Waals surface area contributed by atoms with Crippen molar-refractivity contribution in [3.8, 4) is 0 Å². The fraction of sp³-hybridized carbons (Fsp3) is 0.233. The van der Waals surface area contributed by atoms with Crippen molar-refractivity contribution in [3.63, 3.8) is 0 Å². The third-order valence-electron chi connectivity index (χ3n) is 6.22. The van der Waals surface area contributed by atoms with E-state index in [1.54, 1.807) is 6.20 Å². The molecule has 0 saturated carbocycles. The highest BCUT2D eigenvalue weighted by atomic mass is 15.1. The minimum atomic E-state index is 0.187. The van der Waals surface area contributed by atoms with E-state index in [9.17, 15) is 0 Å². The molecule has 0 unspecified atom stereocenters. The number of aliphatic imine (C=N–C) groups is 1. The number of hydrogen-bond donors (Lipinski definition) is 1. The SMILES string of the molecule is C=CN=C(C)NC1=C(C(c2ccccc2)c2ccccc2)CN(Cc2ccc(C)cc2)CC1. The van der Waals surface area contributed by atoms with Crippen LogP contribution in [0.15, 0.2) is 114 Å². The number of hydrogen-bond acceptors (Lipinski definition) is 2. The zero-order valence-corrected chi connectivity index (χ0v) is 19.7. The average Bonchev–Trinajstić information content (AvgIpc) is 2.84. The first-order valence-corrected chi connectivity index (χ1v) is 11.7. The molecular weight excluding hydrogens is 402 g/mol. The molecule has 0 fully saturated rings. The van der Waals surface area contributed by atoms with Crippen LogP contribution in [0.3, 0.4) is 0 Å². The smallest absolute Gasteiger partial charge is 0.102 e. The van der Waals surface area contributed by atoms with Crippen LogP contribution in [0, 0.1) is 6.92 Å². The van der Waals surface area contributed by atoms with Gasteiger partial charge in [0.15, 0.2) is 0 Å². The van der Waals surface area contributed by atoms with E-state index in [-0.39, 0.29) is 5.92 Å². The molecule has 4 rings (SSSR count).